The van der Waals surface area contributed by atoms with Gasteiger partial charge >= 0.3 is 0 Å². The molecule has 2 heterocycles. The molecule has 0 unspecified atom stereocenters. The lowest BCUT2D eigenvalue weighted by molar-refractivity contribution is 0.250. The molecule has 1 aliphatic heterocycles. The summed E-state index contributed by atoms with van der Waals surface area (Å²) in [5.74, 6) is 0.979. The molecule has 0 saturated carbocycles. The maximum atomic E-state index is 5.48. The number of piperazine rings is 1. The van der Waals surface area contributed by atoms with Crippen molar-refractivity contribution in [1.29, 1.82) is 0 Å². The third kappa shape index (κ3) is 4.29. The van der Waals surface area contributed by atoms with E-state index < -0.39 is 0 Å². The molecule has 124 valence electrons. The quantitative estimate of drug-likeness (QED) is 0.733. The largest absolute Gasteiger partial charge is 0.495 e. The molecule has 0 N–H and O–H groups in total. The van der Waals surface area contributed by atoms with Gasteiger partial charge in [0.05, 0.1) is 12.8 Å². The highest BCUT2D eigenvalue weighted by Gasteiger charge is 2.18. The molecule has 1 aromatic carbocycles. The first-order valence-electron chi connectivity index (χ1n) is 8.58. The maximum absolute atomic E-state index is 5.48. The zero-order valence-corrected chi connectivity index (χ0v) is 14.0. The van der Waals surface area contributed by atoms with Crippen molar-refractivity contribution in [2.24, 2.45) is 0 Å². The van der Waals surface area contributed by atoms with E-state index in [0.717, 1.165) is 38.5 Å². The van der Waals surface area contributed by atoms with Gasteiger partial charge in [-0.1, -0.05) is 12.1 Å². The van der Waals surface area contributed by atoms with Crippen LogP contribution < -0.4 is 9.64 Å². The average molecular weight is 313 g/mol. The van der Waals surface area contributed by atoms with Crippen molar-refractivity contribution < 1.29 is 4.74 Å². The van der Waals surface area contributed by atoms with Crippen LogP contribution in [0.5, 0.6) is 5.75 Å². The van der Waals surface area contributed by atoms with Crippen LogP contribution in [0.4, 0.5) is 5.69 Å². The van der Waals surface area contributed by atoms with Crippen LogP contribution in [-0.4, -0.2) is 49.3 Å². The fourth-order valence-electron chi connectivity index (χ4n) is 3.25. The number of ether oxygens (including phenoxy) is 1. The number of methoxy groups -OCH3 is 1. The second kappa shape index (κ2) is 8.06. The third-order valence-electron chi connectivity index (χ3n) is 4.60. The summed E-state index contributed by atoms with van der Waals surface area (Å²) in [6.45, 7) is 6.79. The number of benzene rings is 1. The van der Waals surface area contributed by atoms with Crippen LogP contribution >= 0.6 is 0 Å². The fourth-order valence-corrected chi connectivity index (χ4v) is 3.25. The number of anilines is 1. The SMILES string of the molecule is COc1ccccc1N1CCN(CCCCn2cccc2)CC1. The summed E-state index contributed by atoms with van der Waals surface area (Å²) in [6.07, 6.45) is 6.81. The van der Waals surface area contributed by atoms with E-state index >= 15 is 0 Å². The molecule has 4 heteroatoms. The molecule has 1 aromatic heterocycles. The van der Waals surface area contributed by atoms with Crippen molar-refractivity contribution in [2.45, 2.75) is 19.4 Å². The third-order valence-corrected chi connectivity index (χ3v) is 4.60. The van der Waals surface area contributed by atoms with E-state index in [-0.39, 0.29) is 0 Å². The van der Waals surface area contributed by atoms with E-state index in [2.05, 4.69) is 51.0 Å². The Hall–Kier alpha value is -1.94. The van der Waals surface area contributed by atoms with Gasteiger partial charge in [0.2, 0.25) is 0 Å². The van der Waals surface area contributed by atoms with Crippen LogP contribution in [0.25, 0.3) is 0 Å². The minimum atomic E-state index is 0.979. The van der Waals surface area contributed by atoms with Crippen LogP contribution in [0.1, 0.15) is 12.8 Å². The molecule has 0 aliphatic carbocycles. The summed E-state index contributed by atoms with van der Waals surface area (Å²) < 4.78 is 7.75. The first kappa shape index (κ1) is 15.9. The Morgan fingerprint density at radius 1 is 0.870 bits per heavy atom. The van der Waals surface area contributed by atoms with Crippen LogP contribution in [0, 0.1) is 0 Å². The van der Waals surface area contributed by atoms with Crippen LogP contribution in [-0.2, 0) is 6.54 Å². The topological polar surface area (TPSA) is 20.6 Å². The Morgan fingerprint density at radius 3 is 2.30 bits per heavy atom. The monoisotopic (exact) mass is 313 g/mol. The van der Waals surface area contributed by atoms with Crippen molar-refractivity contribution in [1.82, 2.24) is 9.47 Å². The zero-order chi connectivity index (χ0) is 15.9. The Kier molecular flexibility index (Phi) is 5.59. The van der Waals surface area contributed by atoms with Gasteiger partial charge in [-0.15, -0.1) is 0 Å². The van der Waals surface area contributed by atoms with E-state index in [9.17, 15) is 0 Å². The molecule has 1 fully saturated rings. The van der Waals surface area contributed by atoms with Crippen molar-refractivity contribution in [3.05, 3.63) is 48.8 Å². The number of rotatable bonds is 7. The summed E-state index contributed by atoms with van der Waals surface area (Å²) in [5, 5.41) is 0. The van der Waals surface area contributed by atoms with E-state index in [4.69, 9.17) is 4.74 Å². The predicted octanol–water partition coefficient (Wildman–Crippen LogP) is 3.10. The van der Waals surface area contributed by atoms with Crippen LogP contribution in [0.2, 0.25) is 0 Å². The van der Waals surface area contributed by atoms with Gasteiger partial charge < -0.3 is 14.2 Å². The molecular weight excluding hydrogens is 286 g/mol. The molecule has 2 aromatic rings. The van der Waals surface area contributed by atoms with Crippen molar-refractivity contribution in [3.8, 4) is 5.75 Å². The first-order chi connectivity index (χ1) is 11.4. The van der Waals surface area contributed by atoms with Gasteiger partial charge in [-0.05, 0) is 43.7 Å². The second-order valence-corrected chi connectivity index (χ2v) is 6.13. The van der Waals surface area contributed by atoms with Gasteiger partial charge in [-0.2, -0.15) is 0 Å². The molecule has 1 saturated heterocycles. The Balaban J connectivity index is 1.40. The van der Waals surface area contributed by atoms with Crippen molar-refractivity contribution in [3.63, 3.8) is 0 Å². The van der Waals surface area contributed by atoms with Crippen molar-refractivity contribution >= 4 is 5.69 Å². The number of unbranched alkanes of at least 4 members (excludes halogenated alkanes) is 1. The van der Waals surface area contributed by atoms with Gasteiger partial charge in [-0.25, -0.2) is 0 Å². The number of hydrogen-bond acceptors (Lipinski definition) is 3. The molecule has 0 atom stereocenters. The number of para-hydroxylation sites is 2. The smallest absolute Gasteiger partial charge is 0.142 e. The molecule has 0 spiro atoms. The standard InChI is InChI=1S/C19H27N3O/c1-23-19-9-3-2-8-18(19)22-16-14-21(15-17-22)13-7-6-12-20-10-4-5-11-20/h2-5,8-11H,6-7,12-17H2,1H3. The highest BCUT2D eigenvalue weighted by atomic mass is 16.5. The summed E-state index contributed by atoms with van der Waals surface area (Å²) in [7, 11) is 1.75. The number of aryl methyl sites for hydroxylation is 1. The van der Waals surface area contributed by atoms with E-state index in [1.165, 1.54) is 25.1 Å². The van der Waals surface area contributed by atoms with E-state index in [1.807, 2.05) is 12.1 Å². The molecule has 0 bridgehead atoms. The molecule has 0 radical (unpaired) electrons. The summed E-state index contributed by atoms with van der Waals surface area (Å²) in [4.78, 5) is 5.02. The Bertz CT molecular complexity index is 574. The van der Waals surface area contributed by atoms with Gasteiger partial charge in [0.1, 0.15) is 5.75 Å². The van der Waals surface area contributed by atoms with Gasteiger partial charge in [0.15, 0.2) is 0 Å². The van der Waals surface area contributed by atoms with Gasteiger partial charge in [0, 0.05) is 45.1 Å². The minimum absolute atomic E-state index is 0.979. The van der Waals surface area contributed by atoms with Gasteiger partial charge in [0.25, 0.3) is 0 Å². The molecule has 4 nitrogen and oxygen atoms in total. The van der Waals surface area contributed by atoms with E-state index in [1.54, 1.807) is 7.11 Å². The summed E-state index contributed by atoms with van der Waals surface area (Å²) in [6, 6.07) is 12.5. The van der Waals surface area contributed by atoms with Crippen LogP contribution in [0.15, 0.2) is 48.8 Å². The van der Waals surface area contributed by atoms with Gasteiger partial charge in [-0.3, -0.25) is 4.90 Å². The molecular formula is C19H27N3O. The molecule has 0 amide bonds. The number of aromatic nitrogens is 1. The lowest BCUT2D eigenvalue weighted by atomic mass is 10.2. The van der Waals surface area contributed by atoms with Crippen molar-refractivity contribution in [2.75, 3.05) is 44.7 Å². The lowest BCUT2D eigenvalue weighted by Gasteiger charge is -2.36. The first-order valence-corrected chi connectivity index (χ1v) is 8.58. The molecule has 3 rings (SSSR count). The fraction of sp³-hybridized carbons (Fsp3) is 0.474. The number of hydrogen-bond donors (Lipinski definition) is 0. The molecule has 23 heavy (non-hydrogen) atoms. The highest BCUT2D eigenvalue weighted by molar-refractivity contribution is 5.58. The molecule has 1 aliphatic rings. The minimum Gasteiger partial charge on any atom is -0.495 e. The Morgan fingerprint density at radius 2 is 1.57 bits per heavy atom. The van der Waals surface area contributed by atoms with E-state index in [0.29, 0.717) is 0 Å². The maximum Gasteiger partial charge on any atom is 0.142 e. The zero-order valence-electron chi connectivity index (χ0n) is 14.0. The summed E-state index contributed by atoms with van der Waals surface area (Å²) in [5.41, 5.74) is 1.22. The highest BCUT2D eigenvalue weighted by Crippen LogP contribution is 2.28. The second-order valence-electron chi connectivity index (χ2n) is 6.13. The van der Waals surface area contributed by atoms with Crippen LogP contribution in [0.3, 0.4) is 0 Å². The average Bonchev–Trinajstić information content (AvgIpc) is 3.13. The normalized spacial score (nSPS) is 15.8. The Labute approximate surface area is 139 Å². The summed E-state index contributed by atoms with van der Waals surface area (Å²) >= 11 is 0. The lowest BCUT2D eigenvalue weighted by Crippen LogP contribution is -2.46. The predicted molar refractivity (Wildman–Crippen MR) is 95.3 cm³/mol. The number of nitrogens with zero attached hydrogens (tertiary/aromatic N) is 3.